The highest BCUT2D eigenvalue weighted by Gasteiger charge is 2.25. The Morgan fingerprint density at radius 1 is 1.25 bits per heavy atom. The Bertz CT molecular complexity index is 546. The summed E-state index contributed by atoms with van der Waals surface area (Å²) in [5.41, 5.74) is 6.36. The van der Waals surface area contributed by atoms with E-state index < -0.39 is 29.9 Å². The molecule has 0 saturated heterocycles. The molecule has 0 aromatic carbocycles. The van der Waals surface area contributed by atoms with E-state index in [0.717, 1.165) is 5.56 Å². The van der Waals surface area contributed by atoms with Crippen molar-refractivity contribution in [3.63, 3.8) is 0 Å². The maximum Gasteiger partial charge on any atom is 0.243 e. The molecule has 1 aromatic rings. The van der Waals surface area contributed by atoms with Gasteiger partial charge in [0.25, 0.3) is 0 Å². The van der Waals surface area contributed by atoms with Crippen molar-refractivity contribution in [3.05, 3.63) is 30.1 Å². The van der Waals surface area contributed by atoms with Crippen LogP contribution >= 0.6 is 0 Å². The zero-order valence-electron chi connectivity index (χ0n) is 14.4. The second kappa shape index (κ2) is 9.77. The molecule has 132 valence electrons. The fraction of sp³-hybridized carbons (Fsp3) is 0.529. The number of nitrogens with zero attached hydrogens (tertiary/aromatic N) is 1. The van der Waals surface area contributed by atoms with E-state index in [2.05, 4.69) is 15.6 Å². The van der Waals surface area contributed by atoms with Gasteiger partial charge in [0.15, 0.2) is 0 Å². The van der Waals surface area contributed by atoms with Crippen molar-refractivity contribution < 1.29 is 14.4 Å². The van der Waals surface area contributed by atoms with Crippen molar-refractivity contribution in [2.75, 3.05) is 0 Å². The summed E-state index contributed by atoms with van der Waals surface area (Å²) in [5, 5.41) is 5.31. The minimum Gasteiger partial charge on any atom is -0.345 e. The highest BCUT2D eigenvalue weighted by molar-refractivity contribution is 5.90. The molecule has 4 N–H and O–H groups in total. The monoisotopic (exact) mass is 334 g/mol. The second-order valence-electron chi connectivity index (χ2n) is 6.30. The van der Waals surface area contributed by atoms with E-state index in [4.69, 9.17) is 5.73 Å². The average Bonchev–Trinajstić information content (AvgIpc) is 2.53. The van der Waals surface area contributed by atoms with E-state index in [-0.39, 0.29) is 12.3 Å². The van der Waals surface area contributed by atoms with Crippen LogP contribution in [0.3, 0.4) is 0 Å². The molecule has 0 unspecified atom stereocenters. The van der Waals surface area contributed by atoms with Gasteiger partial charge < -0.3 is 21.2 Å². The number of rotatable bonds is 9. The highest BCUT2D eigenvalue weighted by atomic mass is 16.2. The largest absolute Gasteiger partial charge is 0.345 e. The molecular weight excluding hydrogens is 308 g/mol. The molecule has 1 aromatic heterocycles. The molecule has 24 heavy (non-hydrogen) atoms. The Labute approximate surface area is 142 Å². The van der Waals surface area contributed by atoms with Crippen LogP contribution in [0, 0.1) is 5.92 Å². The number of hydrogen-bond donors (Lipinski definition) is 3. The van der Waals surface area contributed by atoms with Crippen molar-refractivity contribution in [2.45, 2.75) is 51.7 Å². The molecule has 1 heterocycles. The lowest BCUT2D eigenvalue weighted by molar-refractivity contribution is -0.130. The van der Waals surface area contributed by atoms with Gasteiger partial charge in [-0.05, 0) is 30.9 Å². The molecule has 0 bridgehead atoms. The summed E-state index contributed by atoms with van der Waals surface area (Å²) in [5.74, 6) is -0.577. The Kier molecular flexibility index (Phi) is 8.05. The van der Waals surface area contributed by atoms with Crippen LogP contribution in [0.2, 0.25) is 0 Å². The van der Waals surface area contributed by atoms with Gasteiger partial charge in [-0.15, -0.1) is 0 Å². The first-order valence-electron chi connectivity index (χ1n) is 8.04. The Morgan fingerprint density at radius 2 is 1.96 bits per heavy atom. The number of amides is 2. The van der Waals surface area contributed by atoms with Crippen molar-refractivity contribution in [1.29, 1.82) is 0 Å². The number of nitrogens with two attached hydrogens (primary N) is 1. The quantitative estimate of drug-likeness (QED) is 0.558. The van der Waals surface area contributed by atoms with Gasteiger partial charge in [0.05, 0.1) is 12.1 Å². The lowest BCUT2D eigenvalue weighted by atomic mass is 10.0. The summed E-state index contributed by atoms with van der Waals surface area (Å²) in [6.45, 7) is 5.47. The highest BCUT2D eigenvalue weighted by Crippen LogP contribution is 2.06. The molecule has 0 aliphatic heterocycles. The number of nitrogens with one attached hydrogen (secondary N) is 2. The molecule has 0 fully saturated rings. The standard InChI is InChI=1S/C17H26N4O3/c1-11(2)7-14(10-22)20-17(24)15(21-16(23)12(3)18)8-13-5-4-6-19-9-13/h4-6,9-12,14-15H,7-8,18H2,1-3H3,(H,20,24)(H,21,23)/t12-,14-,15+/m0/s1. The first-order valence-corrected chi connectivity index (χ1v) is 8.04. The summed E-state index contributed by atoms with van der Waals surface area (Å²) in [7, 11) is 0. The molecule has 7 nitrogen and oxygen atoms in total. The predicted octanol–water partition coefficient (Wildman–Crippen LogP) is 0.186. The van der Waals surface area contributed by atoms with E-state index in [1.165, 1.54) is 0 Å². The van der Waals surface area contributed by atoms with Crippen LogP contribution in [0.5, 0.6) is 0 Å². The van der Waals surface area contributed by atoms with Crippen LogP contribution in [0.25, 0.3) is 0 Å². The molecular formula is C17H26N4O3. The second-order valence-corrected chi connectivity index (χ2v) is 6.30. The smallest absolute Gasteiger partial charge is 0.243 e. The molecule has 2 amide bonds. The van der Waals surface area contributed by atoms with Gasteiger partial charge in [0.1, 0.15) is 12.3 Å². The summed E-state index contributed by atoms with van der Waals surface area (Å²) >= 11 is 0. The van der Waals surface area contributed by atoms with Gasteiger partial charge in [-0.1, -0.05) is 19.9 Å². The van der Waals surface area contributed by atoms with E-state index >= 15 is 0 Å². The Morgan fingerprint density at radius 3 is 2.46 bits per heavy atom. The number of aldehydes is 1. The summed E-state index contributed by atoms with van der Waals surface area (Å²) in [4.78, 5) is 39.5. The topological polar surface area (TPSA) is 114 Å². The third-order valence-electron chi connectivity index (χ3n) is 3.43. The fourth-order valence-corrected chi connectivity index (χ4v) is 2.21. The van der Waals surface area contributed by atoms with Gasteiger partial charge in [0.2, 0.25) is 11.8 Å². The number of pyridine rings is 1. The first kappa shape index (κ1) is 19.8. The van der Waals surface area contributed by atoms with Gasteiger partial charge >= 0.3 is 0 Å². The molecule has 0 radical (unpaired) electrons. The number of carbonyl (C=O) groups is 3. The van der Waals surface area contributed by atoms with Gasteiger partial charge in [-0.25, -0.2) is 0 Å². The van der Waals surface area contributed by atoms with E-state index in [0.29, 0.717) is 12.7 Å². The molecule has 3 atom stereocenters. The maximum atomic E-state index is 12.5. The fourth-order valence-electron chi connectivity index (χ4n) is 2.21. The minimum absolute atomic E-state index is 0.260. The molecule has 0 aliphatic rings. The summed E-state index contributed by atoms with van der Waals surface area (Å²) < 4.78 is 0. The number of hydrogen-bond acceptors (Lipinski definition) is 5. The lowest BCUT2D eigenvalue weighted by Gasteiger charge is -2.22. The lowest BCUT2D eigenvalue weighted by Crippen LogP contribution is -2.54. The van der Waals surface area contributed by atoms with Crippen LogP contribution < -0.4 is 16.4 Å². The van der Waals surface area contributed by atoms with Crippen LogP contribution in [-0.4, -0.2) is 41.2 Å². The molecule has 0 spiro atoms. The number of aromatic nitrogens is 1. The predicted molar refractivity (Wildman–Crippen MR) is 91.0 cm³/mol. The Balaban J connectivity index is 2.84. The van der Waals surface area contributed by atoms with E-state index in [9.17, 15) is 14.4 Å². The zero-order valence-corrected chi connectivity index (χ0v) is 14.4. The normalized spacial score (nSPS) is 14.5. The van der Waals surface area contributed by atoms with Crippen molar-refractivity contribution in [3.8, 4) is 0 Å². The van der Waals surface area contributed by atoms with E-state index in [1.807, 2.05) is 19.9 Å². The minimum atomic E-state index is -0.817. The SMILES string of the molecule is CC(C)C[C@@H](C=O)NC(=O)[C@@H](Cc1cccnc1)NC(=O)[C@H](C)N. The Hall–Kier alpha value is -2.28. The average molecular weight is 334 g/mol. The third-order valence-corrected chi connectivity index (χ3v) is 3.43. The molecule has 7 heteroatoms. The summed E-state index contributed by atoms with van der Waals surface area (Å²) in [6, 6.07) is 1.44. The van der Waals surface area contributed by atoms with Crippen LogP contribution in [0.1, 0.15) is 32.8 Å². The third kappa shape index (κ3) is 6.87. The molecule has 0 saturated carbocycles. The molecule has 1 rings (SSSR count). The summed E-state index contributed by atoms with van der Waals surface area (Å²) in [6.07, 6.45) is 4.78. The van der Waals surface area contributed by atoms with Crippen molar-refractivity contribution in [1.82, 2.24) is 15.6 Å². The maximum absolute atomic E-state index is 12.5. The van der Waals surface area contributed by atoms with Crippen LogP contribution in [0.4, 0.5) is 0 Å². The van der Waals surface area contributed by atoms with Crippen molar-refractivity contribution >= 4 is 18.1 Å². The van der Waals surface area contributed by atoms with Crippen LogP contribution in [0.15, 0.2) is 24.5 Å². The number of carbonyl (C=O) groups excluding carboxylic acids is 3. The van der Waals surface area contributed by atoms with Gasteiger partial charge in [-0.3, -0.25) is 14.6 Å². The van der Waals surface area contributed by atoms with Gasteiger partial charge in [0, 0.05) is 18.8 Å². The zero-order chi connectivity index (χ0) is 18.1. The van der Waals surface area contributed by atoms with E-state index in [1.54, 1.807) is 25.4 Å². The van der Waals surface area contributed by atoms with Crippen LogP contribution in [-0.2, 0) is 20.8 Å². The first-order chi connectivity index (χ1) is 11.3. The van der Waals surface area contributed by atoms with Crippen molar-refractivity contribution in [2.24, 2.45) is 11.7 Å². The van der Waals surface area contributed by atoms with Gasteiger partial charge in [-0.2, -0.15) is 0 Å². The molecule has 0 aliphatic carbocycles.